The minimum atomic E-state index is -0.615. The molecular weight excluding hydrogens is 246 g/mol. The van der Waals surface area contributed by atoms with E-state index in [1.807, 2.05) is 18.2 Å². The van der Waals surface area contributed by atoms with Crippen LogP contribution in [-0.4, -0.2) is 20.9 Å². The molecule has 2 aromatic rings. The lowest BCUT2D eigenvalue weighted by Crippen LogP contribution is -2.44. The summed E-state index contributed by atoms with van der Waals surface area (Å²) in [5.74, 6) is -0.691. The largest absolute Gasteiger partial charge is 0.329 e. The first-order valence-electron chi connectivity index (χ1n) is 6.09. The molecule has 19 heavy (non-hydrogen) atoms. The number of imide groups is 1. The Morgan fingerprint density at radius 2 is 1.84 bits per heavy atom. The lowest BCUT2D eigenvalue weighted by atomic mass is 10.1. The van der Waals surface area contributed by atoms with E-state index in [-0.39, 0.29) is 18.0 Å². The first-order valence-corrected chi connectivity index (χ1v) is 6.09. The number of fused-ring (bicyclic) bond motifs is 1. The molecule has 1 atom stereocenters. The molecular formula is C13H13N3O3. The van der Waals surface area contributed by atoms with E-state index >= 15 is 0 Å². The molecule has 0 bridgehead atoms. The molecule has 1 N–H and O–H groups in total. The first-order chi connectivity index (χ1) is 9.09. The highest BCUT2D eigenvalue weighted by molar-refractivity contribution is 6.00. The number of carbonyl (C=O) groups is 2. The summed E-state index contributed by atoms with van der Waals surface area (Å²) < 4.78 is 2.98. The van der Waals surface area contributed by atoms with E-state index in [1.54, 1.807) is 13.1 Å². The summed E-state index contributed by atoms with van der Waals surface area (Å²) >= 11 is 0. The van der Waals surface area contributed by atoms with E-state index in [0.29, 0.717) is 11.9 Å². The maximum Gasteiger partial charge on any atom is 0.329 e. The van der Waals surface area contributed by atoms with E-state index in [0.717, 1.165) is 5.52 Å². The predicted octanol–water partition coefficient (Wildman–Crippen LogP) is 0.318. The van der Waals surface area contributed by atoms with E-state index in [2.05, 4.69) is 5.32 Å². The summed E-state index contributed by atoms with van der Waals surface area (Å²) in [4.78, 5) is 35.4. The van der Waals surface area contributed by atoms with E-state index in [4.69, 9.17) is 0 Å². The van der Waals surface area contributed by atoms with Crippen LogP contribution in [0.2, 0.25) is 0 Å². The summed E-state index contributed by atoms with van der Waals surface area (Å²) in [6.07, 6.45) is 0.616. The van der Waals surface area contributed by atoms with Gasteiger partial charge in [-0.15, -0.1) is 0 Å². The molecule has 1 aliphatic rings. The SMILES string of the molecule is Cn1c(=O)n(C2CCC(=O)NC2=O)c2ccccc21. The molecule has 2 amide bonds. The molecule has 0 spiro atoms. The van der Waals surface area contributed by atoms with Crippen molar-refractivity contribution in [2.24, 2.45) is 7.05 Å². The average molecular weight is 259 g/mol. The summed E-state index contributed by atoms with van der Waals surface area (Å²) in [5, 5.41) is 2.28. The highest BCUT2D eigenvalue weighted by atomic mass is 16.2. The van der Waals surface area contributed by atoms with E-state index in [9.17, 15) is 14.4 Å². The average Bonchev–Trinajstić information content (AvgIpc) is 2.64. The van der Waals surface area contributed by atoms with Crippen LogP contribution in [0, 0.1) is 0 Å². The Labute approximate surface area is 108 Å². The third kappa shape index (κ3) is 1.68. The van der Waals surface area contributed by atoms with Crippen molar-refractivity contribution >= 4 is 22.8 Å². The van der Waals surface area contributed by atoms with Gasteiger partial charge in [0.25, 0.3) is 0 Å². The van der Waals surface area contributed by atoms with Gasteiger partial charge in [-0.25, -0.2) is 4.79 Å². The van der Waals surface area contributed by atoms with Gasteiger partial charge in [0, 0.05) is 13.5 Å². The number of para-hydroxylation sites is 2. The quantitative estimate of drug-likeness (QED) is 0.749. The van der Waals surface area contributed by atoms with Gasteiger partial charge in [0.1, 0.15) is 6.04 Å². The number of nitrogens with one attached hydrogen (secondary N) is 1. The third-order valence-electron chi connectivity index (χ3n) is 3.52. The number of aromatic nitrogens is 2. The number of carbonyl (C=O) groups excluding carboxylic acids is 2. The Balaban J connectivity index is 2.20. The third-order valence-corrected chi connectivity index (χ3v) is 3.52. The van der Waals surface area contributed by atoms with Crippen molar-refractivity contribution in [1.29, 1.82) is 0 Å². The van der Waals surface area contributed by atoms with E-state index in [1.165, 1.54) is 9.13 Å². The van der Waals surface area contributed by atoms with Gasteiger partial charge in [-0.05, 0) is 18.6 Å². The Bertz CT molecular complexity index is 741. The topological polar surface area (TPSA) is 73.1 Å². The number of nitrogens with zero attached hydrogens (tertiary/aromatic N) is 2. The number of imidazole rings is 1. The molecule has 0 saturated carbocycles. The molecule has 1 saturated heterocycles. The number of rotatable bonds is 1. The van der Waals surface area contributed by atoms with Gasteiger partial charge in [0.15, 0.2) is 0 Å². The lowest BCUT2D eigenvalue weighted by molar-refractivity contribution is -0.135. The molecule has 1 aromatic heterocycles. The molecule has 1 aromatic carbocycles. The summed E-state index contributed by atoms with van der Waals surface area (Å²) in [5.41, 5.74) is 1.25. The van der Waals surface area contributed by atoms with Gasteiger partial charge in [-0.3, -0.25) is 24.0 Å². The molecule has 1 aliphatic heterocycles. The smallest absolute Gasteiger partial charge is 0.295 e. The maximum absolute atomic E-state index is 12.3. The second-order valence-electron chi connectivity index (χ2n) is 4.67. The fourth-order valence-corrected chi connectivity index (χ4v) is 2.55. The van der Waals surface area contributed by atoms with Crippen LogP contribution in [0.15, 0.2) is 29.1 Å². The van der Waals surface area contributed by atoms with Crippen molar-refractivity contribution in [2.45, 2.75) is 18.9 Å². The molecule has 6 heteroatoms. The molecule has 0 radical (unpaired) electrons. The van der Waals surface area contributed by atoms with Crippen molar-refractivity contribution in [3.05, 3.63) is 34.7 Å². The summed E-state index contributed by atoms with van der Waals surface area (Å²) in [7, 11) is 1.67. The highest BCUT2D eigenvalue weighted by Crippen LogP contribution is 2.22. The zero-order valence-electron chi connectivity index (χ0n) is 10.4. The zero-order valence-corrected chi connectivity index (χ0v) is 10.4. The molecule has 98 valence electrons. The number of aryl methyl sites for hydroxylation is 1. The Morgan fingerprint density at radius 1 is 1.16 bits per heavy atom. The maximum atomic E-state index is 12.3. The van der Waals surface area contributed by atoms with Gasteiger partial charge >= 0.3 is 5.69 Å². The van der Waals surface area contributed by atoms with Crippen molar-refractivity contribution < 1.29 is 9.59 Å². The fourth-order valence-electron chi connectivity index (χ4n) is 2.55. The van der Waals surface area contributed by atoms with Crippen LogP contribution in [0.4, 0.5) is 0 Å². The number of piperidine rings is 1. The van der Waals surface area contributed by atoms with Gasteiger partial charge in [0.05, 0.1) is 11.0 Å². The zero-order chi connectivity index (χ0) is 13.6. The first kappa shape index (κ1) is 11.7. The van der Waals surface area contributed by atoms with Gasteiger partial charge in [-0.2, -0.15) is 0 Å². The molecule has 2 heterocycles. The highest BCUT2D eigenvalue weighted by Gasteiger charge is 2.30. The second-order valence-corrected chi connectivity index (χ2v) is 4.67. The van der Waals surface area contributed by atoms with E-state index < -0.39 is 11.9 Å². The minimum Gasteiger partial charge on any atom is -0.295 e. The predicted molar refractivity (Wildman–Crippen MR) is 68.6 cm³/mol. The fraction of sp³-hybridized carbons (Fsp3) is 0.308. The Morgan fingerprint density at radius 3 is 2.53 bits per heavy atom. The molecule has 1 fully saturated rings. The van der Waals surface area contributed by atoms with Crippen molar-refractivity contribution in [2.75, 3.05) is 0 Å². The van der Waals surface area contributed by atoms with Crippen molar-refractivity contribution in [3.8, 4) is 0 Å². The lowest BCUT2D eigenvalue weighted by Gasteiger charge is -2.21. The second kappa shape index (κ2) is 4.08. The molecule has 0 aliphatic carbocycles. The van der Waals surface area contributed by atoms with Crippen LogP contribution in [0.25, 0.3) is 11.0 Å². The summed E-state index contributed by atoms with van der Waals surface area (Å²) in [6.45, 7) is 0. The summed E-state index contributed by atoms with van der Waals surface area (Å²) in [6, 6.07) is 6.69. The normalized spacial score (nSPS) is 19.7. The van der Waals surface area contributed by atoms with Crippen molar-refractivity contribution in [3.63, 3.8) is 0 Å². The van der Waals surface area contributed by atoms with Crippen molar-refractivity contribution in [1.82, 2.24) is 14.5 Å². The minimum absolute atomic E-state index is 0.240. The molecule has 1 unspecified atom stereocenters. The van der Waals surface area contributed by atoms with Crippen LogP contribution in [0.3, 0.4) is 0 Å². The number of hydrogen-bond donors (Lipinski definition) is 1. The van der Waals surface area contributed by atoms with Crippen LogP contribution >= 0.6 is 0 Å². The molecule has 3 rings (SSSR count). The monoisotopic (exact) mass is 259 g/mol. The Kier molecular flexibility index (Phi) is 2.51. The van der Waals surface area contributed by atoms with Gasteiger partial charge in [-0.1, -0.05) is 12.1 Å². The number of hydrogen-bond acceptors (Lipinski definition) is 3. The van der Waals surface area contributed by atoms with Crippen LogP contribution in [0.1, 0.15) is 18.9 Å². The van der Waals surface area contributed by atoms with Crippen LogP contribution in [0.5, 0.6) is 0 Å². The van der Waals surface area contributed by atoms with Gasteiger partial charge in [0.2, 0.25) is 11.8 Å². The molecule has 6 nitrogen and oxygen atoms in total. The standard InChI is InChI=1S/C13H13N3O3/c1-15-8-4-2-3-5-9(8)16(13(15)19)10-6-7-11(17)14-12(10)18/h2-5,10H,6-7H2,1H3,(H,14,17,18). The van der Waals surface area contributed by atoms with Crippen LogP contribution < -0.4 is 11.0 Å². The number of benzene rings is 1. The van der Waals surface area contributed by atoms with Crippen LogP contribution in [-0.2, 0) is 16.6 Å². The van der Waals surface area contributed by atoms with Gasteiger partial charge < -0.3 is 0 Å². The Hall–Kier alpha value is -2.37. The number of amides is 2.